The minimum Gasteiger partial charge on any atom is -0.491 e. The molecule has 5 heteroatoms. The Hall–Kier alpha value is -1.62. The molecule has 1 heterocycles. The number of benzene rings is 1. The molecule has 0 aliphatic heterocycles. The van der Waals surface area contributed by atoms with Crippen LogP contribution in [-0.4, -0.2) is 21.8 Å². The van der Waals surface area contributed by atoms with Crippen LogP contribution < -0.4 is 10.1 Å². The Bertz CT molecular complexity index is 678. The molecule has 0 aliphatic rings. The van der Waals surface area contributed by atoms with Gasteiger partial charge in [-0.1, -0.05) is 29.8 Å². The van der Waals surface area contributed by atoms with Crippen LogP contribution in [-0.2, 0) is 4.79 Å². The minimum atomic E-state index is -0.631. The molecule has 0 fully saturated rings. The number of halogens is 1. The molecular formula is C17H21BrN2O2. The summed E-state index contributed by atoms with van der Waals surface area (Å²) in [6.45, 7) is 8.45. The molecule has 4 nitrogen and oxygen atoms in total. The molecule has 1 aromatic carbocycles. The van der Waals surface area contributed by atoms with Gasteiger partial charge in [-0.25, -0.2) is 0 Å². The molecular weight excluding hydrogens is 344 g/mol. The molecule has 1 amide bonds. The highest BCUT2D eigenvalue weighted by molar-refractivity contribution is 9.10. The standard InChI is InChI=1S/C17H21BrN2O2/c1-11(2)10-22-14-8-7-13(20-16(21)17(3,4)18)12-6-5-9-19-15(12)14/h5-9,11H,10H2,1-4H3,(H,20,21). The first-order valence-electron chi connectivity index (χ1n) is 7.30. The van der Waals surface area contributed by atoms with Crippen LogP contribution in [0.3, 0.4) is 0 Å². The molecule has 22 heavy (non-hydrogen) atoms. The van der Waals surface area contributed by atoms with Gasteiger partial charge in [-0.05, 0) is 44.0 Å². The van der Waals surface area contributed by atoms with Crippen LogP contribution in [0, 0.1) is 5.92 Å². The monoisotopic (exact) mass is 364 g/mol. The smallest absolute Gasteiger partial charge is 0.240 e. The molecule has 1 aromatic heterocycles. The largest absolute Gasteiger partial charge is 0.491 e. The summed E-state index contributed by atoms with van der Waals surface area (Å²) < 4.78 is 5.19. The average Bonchev–Trinajstić information content (AvgIpc) is 2.45. The van der Waals surface area contributed by atoms with E-state index in [0.29, 0.717) is 12.5 Å². The van der Waals surface area contributed by atoms with Gasteiger partial charge >= 0.3 is 0 Å². The van der Waals surface area contributed by atoms with Gasteiger partial charge in [0.1, 0.15) is 11.3 Å². The van der Waals surface area contributed by atoms with Crippen molar-refractivity contribution in [2.75, 3.05) is 11.9 Å². The van der Waals surface area contributed by atoms with Gasteiger partial charge in [0, 0.05) is 11.6 Å². The number of ether oxygens (including phenoxy) is 1. The van der Waals surface area contributed by atoms with Gasteiger partial charge in [0.05, 0.1) is 16.6 Å². The number of hydrogen-bond acceptors (Lipinski definition) is 3. The molecule has 2 rings (SSSR count). The maximum atomic E-state index is 12.2. The highest BCUT2D eigenvalue weighted by Crippen LogP contribution is 2.31. The molecule has 0 saturated heterocycles. The zero-order valence-electron chi connectivity index (χ0n) is 13.3. The molecule has 0 radical (unpaired) electrons. The summed E-state index contributed by atoms with van der Waals surface area (Å²) >= 11 is 3.37. The second-order valence-electron chi connectivity index (χ2n) is 6.14. The second kappa shape index (κ2) is 6.65. The van der Waals surface area contributed by atoms with Crippen molar-refractivity contribution < 1.29 is 9.53 Å². The van der Waals surface area contributed by atoms with E-state index < -0.39 is 4.32 Å². The molecule has 0 spiro atoms. The number of hydrogen-bond donors (Lipinski definition) is 1. The number of anilines is 1. The molecule has 118 valence electrons. The van der Waals surface area contributed by atoms with Gasteiger partial charge in [0.25, 0.3) is 0 Å². The molecule has 0 bridgehead atoms. The van der Waals surface area contributed by atoms with E-state index in [0.717, 1.165) is 22.3 Å². The summed E-state index contributed by atoms with van der Waals surface area (Å²) in [5.74, 6) is 1.07. The number of rotatable bonds is 5. The average molecular weight is 365 g/mol. The fourth-order valence-corrected chi connectivity index (χ4v) is 2.00. The molecule has 0 atom stereocenters. The number of pyridine rings is 1. The third-order valence-corrected chi connectivity index (χ3v) is 3.45. The minimum absolute atomic E-state index is 0.103. The molecule has 2 aromatic rings. The number of fused-ring (bicyclic) bond motifs is 1. The van der Waals surface area contributed by atoms with Gasteiger partial charge < -0.3 is 10.1 Å². The number of carbonyl (C=O) groups is 1. The Morgan fingerprint density at radius 1 is 1.36 bits per heavy atom. The zero-order chi connectivity index (χ0) is 16.3. The highest BCUT2D eigenvalue weighted by atomic mass is 79.9. The maximum Gasteiger partial charge on any atom is 0.240 e. The summed E-state index contributed by atoms with van der Waals surface area (Å²) in [6, 6.07) is 7.50. The lowest BCUT2D eigenvalue weighted by Gasteiger charge is -2.18. The van der Waals surface area contributed by atoms with Gasteiger partial charge in [0.2, 0.25) is 5.91 Å². The van der Waals surface area contributed by atoms with Crippen molar-refractivity contribution in [1.82, 2.24) is 4.98 Å². The van der Waals surface area contributed by atoms with Crippen molar-refractivity contribution >= 4 is 38.4 Å². The summed E-state index contributed by atoms with van der Waals surface area (Å²) in [7, 11) is 0. The lowest BCUT2D eigenvalue weighted by molar-refractivity contribution is -0.117. The number of carbonyl (C=O) groups excluding carboxylic acids is 1. The van der Waals surface area contributed by atoms with E-state index in [9.17, 15) is 4.79 Å². The van der Waals surface area contributed by atoms with Crippen LogP contribution in [0.5, 0.6) is 5.75 Å². The second-order valence-corrected chi connectivity index (χ2v) is 8.12. The van der Waals surface area contributed by atoms with E-state index in [2.05, 4.69) is 40.1 Å². The van der Waals surface area contributed by atoms with E-state index in [1.54, 1.807) is 6.20 Å². The number of nitrogens with zero attached hydrogens (tertiary/aromatic N) is 1. The summed E-state index contributed by atoms with van der Waals surface area (Å²) in [5, 5.41) is 3.80. The number of nitrogens with one attached hydrogen (secondary N) is 1. The van der Waals surface area contributed by atoms with Crippen molar-refractivity contribution in [3.8, 4) is 5.75 Å². The van der Waals surface area contributed by atoms with Crippen LogP contribution in [0.2, 0.25) is 0 Å². The summed E-state index contributed by atoms with van der Waals surface area (Å²) in [6.07, 6.45) is 1.73. The Balaban J connectivity index is 2.38. The Morgan fingerprint density at radius 2 is 2.09 bits per heavy atom. The first-order valence-corrected chi connectivity index (χ1v) is 8.09. The SMILES string of the molecule is CC(C)COc1ccc(NC(=O)C(C)(C)Br)c2cccnc12. The third kappa shape index (κ3) is 3.97. The number of aromatic nitrogens is 1. The van der Waals surface area contributed by atoms with E-state index in [1.165, 1.54) is 0 Å². The van der Waals surface area contributed by atoms with Crippen molar-refractivity contribution in [2.45, 2.75) is 32.0 Å². The third-order valence-electron chi connectivity index (χ3n) is 3.09. The van der Waals surface area contributed by atoms with Crippen molar-refractivity contribution in [3.63, 3.8) is 0 Å². The summed E-state index contributed by atoms with van der Waals surface area (Å²) in [5.41, 5.74) is 1.49. The number of amides is 1. The molecule has 0 saturated carbocycles. The lowest BCUT2D eigenvalue weighted by Crippen LogP contribution is -2.31. The van der Waals surface area contributed by atoms with Gasteiger partial charge in [-0.3, -0.25) is 9.78 Å². The molecule has 0 aliphatic carbocycles. The fourth-order valence-electron chi connectivity index (χ4n) is 1.90. The Morgan fingerprint density at radius 3 is 2.73 bits per heavy atom. The van der Waals surface area contributed by atoms with Gasteiger partial charge in [-0.2, -0.15) is 0 Å². The van der Waals surface area contributed by atoms with E-state index in [1.807, 2.05) is 38.1 Å². The summed E-state index contributed by atoms with van der Waals surface area (Å²) in [4.78, 5) is 16.6. The van der Waals surface area contributed by atoms with Crippen LogP contribution in [0.4, 0.5) is 5.69 Å². The first kappa shape index (κ1) is 16.7. The number of alkyl halides is 1. The van der Waals surface area contributed by atoms with Crippen molar-refractivity contribution in [1.29, 1.82) is 0 Å². The van der Waals surface area contributed by atoms with E-state index >= 15 is 0 Å². The molecule has 0 unspecified atom stereocenters. The van der Waals surface area contributed by atoms with E-state index in [-0.39, 0.29) is 5.91 Å². The normalized spacial score (nSPS) is 11.7. The van der Waals surface area contributed by atoms with Gasteiger partial charge in [0.15, 0.2) is 0 Å². The predicted octanol–water partition coefficient (Wildman–Crippen LogP) is 4.38. The maximum absolute atomic E-state index is 12.2. The fraction of sp³-hybridized carbons (Fsp3) is 0.412. The predicted molar refractivity (Wildman–Crippen MR) is 93.7 cm³/mol. The van der Waals surface area contributed by atoms with Crippen molar-refractivity contribution in [3.05, 3.63) is 30.5 Å². The van der Waals surface area contributed by atoms with Crippen LogP contribution in [0.15, 0.2) is 30.5 Å². The van der Waals surface area contributed by atoms with E-state index in [4.69, 9.17) is 4.74 Å². The van der Waals surface area contributed by atoms with Crippen LogP contribution >= 0.6 is 15.9 Å². The first-order chi connectivity index (χ1) is 10.3. The Labute approximate surface area is 139 Å². The lowest BCUT2D eigenvalue weighted by atomic mass is 10.1. The molecule has 1 N–H and O–H groups in total. The van der Waals surface area contributed by atoms with Crippen LogP contribution in [0.25, 0.3) is 10.9 Å². The Kier molecular flexibility index (Phi) is 5.06. The van der Waals surface area contributed by atoms with Crippen molar-refractivity contribution in [2.24, 2.45) is 5.92 Å². The quantitative estimate of drug-likeness (QED) is 0.800. The zero-order valence-corrected chi connectivity index (χ0v) is 14.9. The van der Waals surface area contributed by atoms with Gasteiger partial charge in [-0.15, -0.1) is 0 Å². The highest BCUT2D eigenvalue weighted by Gasteiger charge is 2.24. The topological polar surface area (TPSA) is 51.2 Å². The van der Waals surface area contributed by atoms with Crippen LogP contribution in [0.1, 0.15) is 27.7 Å².